The molecule has 11 rings (SSSR count). The third-order valence-electron chi connectivity index (χ3n) is 14.7. The minimum atomic E-state index is -0.157. The fourth-order valence-electron chi connectivity index (χ4n) is 10.6. The zero-order valence-corrected chi connectivity index (χ0v) is 42.5. The normalized spacial score (nSPS) is 13.6. The van der Waals surface area contributed by atoms with Gasteiger partial charge < -0.3 is 19.4 Å². The number of nitrogens with zero attached hydrogens (tertiary/aromatic N) is 2. The zero-order chi connectivity index (χ0) is 48.4. The number of rotatable bonds is 5. The van der Waals surface area contributed by atoms with Crippen molar-refractivity contribution >= 4 is 79.5 Å². The van der Waals surface area contributed by atoms with Crippen molar-refractivity contribution in [2.24, 2.45) is 0 Å². The Bertz CT molecular complexity index is 3390. The average Bonchev–Trinajstić information content (AvgIpc) is 3.69. The summed E-state index contributed by atoms with van der Waals surface area (Å²) in [7, 11) is 0. The standard InChI is InChI=1S/C64H64BN3O/c1-61(2,3)41-22-28-45(29-23-41)67(46-30-24-42(25-31-46)62(4,5)6)47-32-33-49-53(38-47)66-65-52-34-26-44(64(10,11)12)37-55(52)68(54-35-27-43(63(7,8)9)36-50(54)40-18-14-13-15-19-40)56-39-51-48-20-16-17-21-57(48)69-60(51)58(49)59(56)65/h13-39,66H,1-12H3. The van der Waals surface area contributed by atoms with E-state index < -0.39 is 0 Å². The molecule has 2 aliphatic heterocycles. The molecule has 9 aromatic rings. The highest BCUT2D eigenvalue weighted by Crippen LogP contribution is 2.51. The maximum atomic E-state index is 7.06. The van der Waals surface area contributed by atoms with Crippen molar-refractivity contribution in [3.63, 3.8) is 0 Å². The summed E-state index contributed by atoms with van der Waals surface area (Å²) in [5.74, 6) is 0. The van der Waals surface area contributed by atoms with E-state index >= 15 is 0 Å². The van der Waals surface area contributed by atoms with Gasteiger partial charge in [0.25, 0.3) is 0 Å². The molecule has 0 fully saturated rings. The molecule has 0 amide bonds. The molecule has 0 radical (unpaired) electrons. The van der Waals surface area contributed by atoms with Crippen LogP contribution < -0.4 is 26.0 Å². The van der Waals surface area contributed by atoms with Crippen LogP contribution in [0.3, 0.4) is 0 Å². The van der Waals surface area contributed by atoms with Crippen LogP contribution in [0.5, 0.6) is 0 Å². The lowest BCUT2D eigenvalue weighted by molar-refractivity contribution is 0.590. The van der Waals surface area contributed by atoms with E-state index in [1.165, 1.54) is 50.0 Å². The molecule has 1 N–H and O–H groups in total. The van der Waals surface area contributed by atoms with Gasteiger partial charge in [0.15, 0.2) is 0 Å². The van der Waals surface area contributed by atoms with E-state index in [0.29, 0.717) is 0 Å². The van der Waals surface area contributed by atoms with E-state index in [9.17, 15) is 0 Å². The Morgan fingerprint density at radius 1 is 0.449 bits per heavy atom. The summed E-state index contributed by atoms with van der Waals surface area (Å²) >= 11 is 0. The lowest BCUT2D eigenvalue weighted by Crippen LogP contribution is -2.57. The summed E-state index contributed by atoms with van der Waals surface area (Å²) in [6.45, 7) is 27.4. The van der Waals surface area contributed by atoms with E-state index in [-0.39, 0.29) is 28.5 Å². The Balaban J connectivity index is 1.19. The molecule has 4 nitrogen and oxygen atoms in total. The van der Waals surface area contributed by atoms with E-state index in [1.807, 2.05) is 0 Å². The molecule has 344 valence electrons. The molecule has 0 atom stereocenters. The Labute approximate surface area is 410 Å². The van der Waals surface area contributed by atoms with Gasteiger partial charge >= 0.3 is 6.85 Å². The first-order valence-corrected chi connectivity index (χ1v) is 24.8. The van der Waals surface area contributed by atoms with Gasteiger partial charge in [-0.1, -0.05) is 180 Å². The fraction of sp³-hybridized carbons (Fsp3) is 0.250. The first-order chi connectivity index (χ1) is 32.7. The average molecular weight is 902 g/mol. The molecule has 69 heavy (non-hydrogen) atoms. The van der Waals surface area contributed by atoms with Crippen molar-refractivity contribution in [1.82, 2.24) is 0 Å². The minimum Gasteiger partial charge on any atom is -0.455 e. The molecular formula is C64H64BN3O. The topological polar surface area (TPSA) is 31.6 Å². The molecule has 0 saturated carbocycles. The number of fused-ring (bicyclic) bond motifs is 8. The Morgan fingerprint density at radius 2 is 1.00 bits per heavy atom. The Kier molecular flexibility index (Phi) is 10.2. The van der Waals surface area contributed by atoms with Crippen LogP contribution in [0.25, 0.3) is 44.2 Å². The van der Waals surface area contributed by atoms with Crippen molar-refractivity contribution in [2.45, 2.75) is 105 Å². The van der Waals surface area contributed by atoms with Gasteiger partial charge in [-0.2, -0.15) is 0 Å². The summed E-state index contributed by atoms with van der Waals surface area (Å²) < 4.78 is 7.06. The number of para-hydroxylation sites is 1. The van der Waals surface area contributed by atoms with Crippen LogP contribution in [0.4, 0.5) is 39.8 Å². The summed E-state index contributed by atoms with van der Waals surface area (Å²) in [6, 6.07) is 61.5. The van der Waals surface area contributed by atoms with Gasteiger partial charge in [-0.25, -0.2) is 0 Å². The van der Waals surface area contributed by atoms with Crippen molar-refractivity contribution < 1.29 is 4.42 Å². The largest absolute Gasteiger partial charge is 0.455 e. The van der Waals surface area contributed by atoms with Gasteiger partial charge in [0.05, 0.1) is 5.69 Å². The lowest BCUT2D eigenvalue weighted by atomic mass is 9.45. The predicted molar refractivity (Wildman–Crippen MR) is 297 cm³/mol. The summed E-state index contributed by atoms with van der Waals surface area (Å²) in [6.07, 6.45) is 0. The van der Waals surface area contributed by atoms with Crippen molar-refractivity contribution in [2.75, 3.05) is 15.0 Å². The highest BCUT2D eigenvalue weighted by molar-refractivity contribution is 6.92. The number of benzene rings is 8. The Morgan fingerprint density at radius 3 is 1.62 bits per heavy atom. The third-order valence-corrected chi connectivity index (χ3v) is 14.7. The first kappa shape index (κ1) is 44.5. The van der Waals surface area contributed by atoms with Crippen LogP contribution >= 0.6 is 0 Å². The van der Waals surface area contributed by atoms with Gasteiger partial charge in [0.2, 0.25) is 0 Å². The maximum absolute atomic E-state index is 7.06. The van der Waals surface area contributed by atoms with Gasteiger partial charge in [-0.15, -0.1) is 0 Å². The summed E-state index contributed by atoms with van der Waals surface area (Å²) in [5, 5.41) is 6.44. The van der Waals surface area contributed by atoms with Crippen LogP contribution in [-0.4, -0.2) is 6.85 Å². The van der Waals surface area contributed by atoms with Crippen LogP contribution in [-0.2, 0) is 21.7 Å². The fourth-order valence-corrected chi connectivity index (χ4v) is 10.6. The second-order valence-electron chi connectivity index (χ2n) is 23.6. The van der Waals surface area contributed by atoms with Gasteiger partial charge in [0.1, 0.15) is 11.2 Å². The quantitative estimate of drug-likeness (QED) is 0.174. The predicted octanol–water partition coefficient (Wildman–Crippen LogP) is 16.9. The van der Waals surface area contributed by atoms with E-state index in [4.69, 9.17) is 4.42 Å². The summed E-state index contributed by atoms with van der Waals surface area (Å²) in [4.78, 5) is 4.98. The van der Waals surface area contributed by atoms with E-state index in [1.54, 1.807) is 0 Å². The second kappa shape index (κ2) is 15.8. The number of anilines is 7. The smallest absolute Gasteiger partial charge is 0.325 e. The Hall–Kier alpha value is -6.98. The van der Waals surface area contributed by atoms with Gasteiger partial charge in [-0.3, -0.25) is 0 Å². The monoisotopic (exact) mass is 902 g/mol. The highest BCUT2D eigenvalue weighted by Gasteiger charge is 2.43. The lowest BCUT2D eigenvalue weighted by Gasteiger charge is -2.42. The number of nitrogens with one attached hydrogen (secondary N) is 1. The molecular weight excluding hydrogens is 838 g/mol. The SMILES string of the molecule is CC(C)(C)c1ccc(N(c2ccc(C(C)(C)C)cc2)c2ccc3c(c2)NB2c4ccc(C(C)(C)C)cc4N(c4ccc(C(C)(C)C)cc4-c4ccccc4)c4cc5c(oc6ccccc65)c-3c42)cc1. The van der Waals surface area contributed by atoms with Crippen LogP contribution in [0.1, 0.15) is 105 Å². The number of hydrogen-bond donors (Lipinski definition) is 1. The highest BCUT2D eigenvalue weighted by atomic mass is 16.3. The first-order valence-electron chi connectivity index (χ1n) is 24.8. The third kappa shape index (κ3) is 7.62. The molecule has 0 unspecified atom stereocenters. The zero-order valence-electron chi connectivity index (χ0n) is 42.5. The molecule has 2 aliphatic rings. The maximum Gasteiger partial charge on any atom is 0.325 e. The number of furan rings is 1. The molecule has 0 saturated heterocycles. The molecule has 1 aromatic heterocycles. The van der Waals surface area contributed by atoms with Crippen molar-refractivity contribution in [1.29, 1.82) is 0 Å². The van der Waals surface area contributed by atoms with Crippen molar-refractivity contribution in [3.05, 3.63) is 186 Å². The van der Waals surface area contributed by atoms with Crippen LogP contribution in [0, 0.1) is 0 Å². The van der Waals surface area contributed by atoms with Crippen LogP contribution in [0.2, 0.25) is 0 Å². The van der Waals surface area contributed by atoms with Gasteiger partial charge in [-0.05, 0) is 127 Å². The molecule has 8 aromatic carbocycles. The molecule has 3 heterocycles. The van der Waals surface area contributed by atoms with E-state index in [0.717, 1.165) is 67.2 Å². The van der Waals surface area contributed by atoms with E-state index in [2.05, 4.69) is 262 Å². The molecule has 5 heteroatoms. The molecule has 0 bridgehead atoms. The van der Waals surface area contributed by atoms with Crippen LogP contribution in [0.15, 0.2) is 168 Å². The van der Waals surface area contributed by atoms with Crippen molar-refractivity contribution in [3.8, 4) is 22.3 Å². The molecule has 0 aliphatic carbocycles. The second-order valence-corrected chi connectivity index (χ2v) is 23.6. The molecule has 0 spiro atoms. The van der Waals surface area contributed by atoms with Gasteiger partial charge in [0, 0.05) is 61.6 Å². The summed E-state index contributed by atoms with van der Waals surface area (Å²) in [5.41, 5.74) is 22.0. The number of hydrogen-bond acceptors (Lipinski definition) is 4. The minimum absolute atomic E-state index is 0.0338.